The largest absolute Gasteiger partial charge is 0.496 e. The summed E-state index contributed by atoms with van der Waals surface area (Å²) in [7, 11) is 5.37. The fourth-order valence-electron chi connectivity index (χ4n) is 8.26. The molecular weight excluding hydrogens is 600 g/mol. The first-order chi connectivity index (χ1) is 22.3. The number of benzene rings is 2. The SMILES string of the molecule is COc1c(CN2O[C@@H](CO)[C@H]([C@H](C)O)[C@H]2C(=O)N[C@H]2C[C@@H]3C[C@H]([C@@H]2C)C3(C)C)cccc1-c1cc(C(=O)NCCO)cc(N(C)C)c1. The average Bonchev–Trinajstić information content (AvgIpc) is 3.42. The molecule has 11 nitrogen and oxygen atoms in total. The highest BCUT2D eigenvalue weighted by molar-refractivity contribution is 5.97. The van der Waals surface area contributed by atoms with Gasteiger partial charge in [-0.05, 0) is 66.7 Å². The van der Waals surface area contributed by atoms with Gasteiger partial charge in [-0.2, -0.15) is 5.06 Å². The Morgan fingerprint density at radius 3 is 2.51 bits per heavy atom. The zero-order chi connectivity index (χ0) is 34.2. The fraction of sp³-hybridized carbons (Fsp3) is 0.611. The Balaban J connectivity index is 1.46. The minimum absolute atomic E-state index is 0.0366. The molecule has 1 aliphatic heterocycles. The summed E-state index contributed by atoms with van der Waals surface area (Å²) < 4.78 is 5.97. The first kappa shape index (κ1) is 35.1. The van der Waals surface area contributed by atoms with E-state index in [1.807, 2.05) is 43.3 Å². The Morgan fingerprint density at radius 1 is 1.17 bits per heavy atom. The van der Waals surface area contributed by atoms with Gasteiger partial charge in [0.15, 0.2) is 0 Å². The van der Waals surface area contributed by atoms with Gasteiger partial charge in [0.05, 0.1) is 33.0 Å². The lowest BCUT2D eigenvalue weighted by atomic mass is 9.45. The topological polar surface area (TPSA) is 144 Å². The molecule has 2 bridgehead atoms. The highest BCUT2D eigenvalue weighted by atomic mass is 16.7. The van der Waals surface area contributed by atoms with E-state index in [0.717, 1.165) is 28.8 Å². The number of carbonyl (C=O) groups excluding carboxylic acids is 2. The molecule has 0 radical (unpaired) electrons. The number of hydroxylamine groups is 2. The van der Waals surface area contributed by atoms with Crippen LogP contribution in [-0.2, 0) is 16.2 Å². The molecule has 3 saturated carbocycles. The van der Waals surface area contributed by atoms with Crippen LogP contribution in [0.1, 0.15) is 56.5 Å². The van der Waals surface area contributed by atoms with Crippen molar-refractivity contribution in [3.8, 4) is 16.9 Å². The fourth-order valence-corrected chi connectivity index (χ4v) is 8.26. The molecule has 6 rings (SSSR count). The summed E-state index contributed by atoms with van der Waals surface area (Å²) in [5, 5.41) is 37.9. The monoisotopic (exact) mass is 652 g/mol. The Bertz CT molecular complexity index is 1450. The van der Waals surface area contributed by atoms with Gasteiger partial charge in [0.2, 0.25) is 5.91 Å². The highest BCUT2D eigenvalue weighted by Gasteiger charge is 2.57. The molecule has 5 N–H and O–H groups in total. The van der Waals surface area contributed by atoms with Crippen LogP contribution in [0, 0.1) is 29.1 Å². The van der Waals surface area contributed by atoms with Crippen molar-refractivity contribution in [2.24, 2.45) is 29.1 Å². The van der Waals surface area contributed by atoms with E-state index in [0.29, 0.717) is 29.1 Å². The third-order valence-corrected chi connectivity index (χ3v) is 11.1. The maximum absolute atomic E-state index is 14.1. The van der Waals surface area contributed by atoms with Gasteiger partial charge < -0.3 is 35.6 Å². The van der Waals surface area contributed by atoms with Crippen molar-refractivity contribution < 1.29 is 34.5 Å². The quantitative estimate of drug-likeness (QED) is 0.234. The number of ether oxygens (including phenoxy) is 1. The lowest BCUT2D eigenvalue weighted by Gasteiger charge is -2.62. The number of anilines is 1. The van der Waals surface area contributed by atoms with Crippen LogP contribution < -0.4 is 20.3 Å². The van der Waals surface area contributed by atoms with E-state index in [1.165, 1.54) is 6.42 Å². The standard InChI is InChI=1S/C36H52N4O7/c1-20-28-16-25(36(28,3)4)17-29(20)38-35(45)32-31(21(2)43)30(19-42)47-40(32)18-22-9-8-10-27(33(22)46-7)23-13-24(34(44)37-11-12-41)15-26(14-23)39(5)6/h8-10,13-15,20-21,25,28-32,41-43H,11-12,16-19H2,1-7H3,(H,37,44)(H,38,45)/t20-,21-,25-,28+,29-,30-,31-,32-/m0/s1. The van der Waals surface area contributed by atoms with Gasteiger partial charge in [-0.25, -0.2) is 0 Å². The summed E-state index contributed by atoms with van der Waals surface area (Å²) in [6.07, 6.45) is 0.466. The van der Waals surface area contributed by atoms with Crippen molar-refractivity contribution in [1.82, 2.24) is 15.7 Å². The Hall–Kier alpha value is -3.22. The van der Waals surface area contributed by atoms with Crippen molar-refractivity contribution in [3.05, 3.63) is 47.5 Å². The van der Waals surface area contributed by atoms with Crippen LogP contribution in [0.2, 0.25) is 0 Å². The lowest BCUT2D eigenvalue weighted by Crippen LogP contribution is -2.62. The Kier molecular flexibility index (Phi) is 10.5. The minimum atomic E-state index is -0.901. The van der Waals surface area contributed by atoms with Crippen molar-refractivity contribution in [2.75, 3.05) is 45.9 Å². The third kappa shape index (κ3) is 6.73. The van der Waals surface area contributed by atoms with Crippen LogP contribution in [0.5, 0.6) is 5.75 Å². The van der Waals surface area contributed by atoms with Crippen LogP contribution in [-0.4, -0.2) is 97.5 Å². The summed E-state index contributed by atoms with van der Waals surface area (Å²) >= 11 is 0. The summed E-state index contributed by atoms with van der Waals surface area (Å²) in [4.78, 5) is 35.1. The molecule has 2 amide bonds. The first-order valence-electron chi connectivity index (χ1n) is 16.7. The number of fused-ring (bicyclic) bond motifs is 2. The molecule has 3 aliphatic carbocycles. The molecule has 0 aromatic heterocycles. The molecule has 47 heavy (non-hydrogen) atoms. The van der Waals surface area contributed by atoms with Gasteiger partial charge in [0.25, 0.3) is 5.91 Å². The molecule has 4 fully saturated rings. The predicted octanol–water partition coefficient (Wildman–Crippen LogP) is 2.81. The summed E-state index contributed by atoms with van der Waals surface area (Å²) in [5.41, 5.74) is 3.77. The van der Waals surface area contributed by atoms with E-state index in [-0.39, 0.29) is 49.6 Å². The zero-order valence-corrected chi connectivity index (χ0v) is 28.7. The molecule has 0 spiro atoms. The number of methoxy groups -OCH3 is 1. The van der Waals surface area contributed by atoms with Crippen molar-refractivity contribution in [1.29, 1.82) is 0 Å². The Morgan fingerprint density at radius 2 is 1.91 bits per heavy atom. The van der Waals surface area contributed by atoms with Crippen LogP contribution in [0.25, 0.3) is 11.1 Å². The summed E-state index contributed by atoms with van der Waals surface area (Å²) in [6, 6.07) is 10.4. The second-order valence-electron chi connectivity index (χ2n) is 14.4. The number of hydrogen-bond donors (Lipinski definition) is 5. The number of carbonyl (C=O) groups is 2. The molecule has 11 heteroatoms. The van der Waals surface area contributed by atoms with Gasteiger partial charge in [-0.1, -0.05) is 39.0 Å². The molecule has 2 aromatic carbocycles. The zero-order valence-electron chi connectivity index (χ0n) is 28.7. The Labute approximate surface area is 278 Å². The number of hydrogen-bond acceptors (Lipinski definition) is 9. The van der Waals surface area contributed by atoms with E-state index < -0.39 is 24.2 Å². The van der Waals surface area contributed by atoms with Gasteiger partial charge >= 0.3 is 0 Å². The van der Waals surface area contributed by atoms with Crippen LogP contribution in [0.15, 0.2) is 36.4 Å². The van der Waals surface area contributed by atoms with Crippen LogP contribution in [0.4, 0.5) is 5.69 Å². The number of nitrogens with one attached hydrogen (secondary N) is 2. The van der Waals surface area contributed by atoms with Crippen LogP contribution >= 0.6 is 0 Å². The van der Waals surface area contributed by atoms with E-state index in [2.05, 4.69) is 31.4 Å². The van der Waals surface area contributed by atoms with Gasteiger partial charge in [0, 0.05) is 55.0 Å². The van der Waals surface area contributed by atoms with Gasteiger partial charge in [-0.3, -0.25) is 14.4 Å². The van der Waals surface area contributed by atoms with Crippen LogP contribution in [0.3, 0.4) is 0 Å². The van der Waals surface area contributed by atoms with Crippen molar-refractivity contribution in [2.45, 2.75) is 71.4 Å². The molecule has 1 saturated heterocycles. The molecule has 258 valence electrons. The average molecular weight is 653 g/mol. The number of nitrogens with zero attached hydrogens (tertiary/aromatic N) is 2. The molecule has 2 aromatic rings. The molecular formula is C36H52N4O7. The maximum atomic E-state index is 14.1. The maximum Gasteiger partial charge on any atom is 0.251 e. The van der Waals surface area contributed by atoms with E-state index >= 15 is 0 Å². The number of aliphatic hydroxyl groups is 3. The van der Waals surface area contributed by atoms with E-state index in [9.17, 15) is 24.9 Å². The molecule has 8 atom stereocenters. The van der Waals surface area contributed by atoms with E-state index in [4.69, 9.17) is 9.57 Å². The molecule has 1 heterocycles. The second kappa shape index (κ2) is 14.1. The normalized spacial score (nSPS) is 28.7. The lowest BCUT2D eigenvalue weighted by molar-refractivity contribution is -0.183. The number of aliphatic hydroxyl groups excluding tert-OH is 3. The summed E-state index contributed by atoms with van der Waals surface area (Å²) in [6.45, 7) is 8.31. The third-order valence-electron chi connectivity index (χ3n) is 11.1. The number of amides is 2. The second-order valence-corrected chi connectivity index (χ2v) is 14.4. The van der Waals surface area contributed by atoms with Crippen molar-refractivity contribution in [3.63, 3.8) is 0 Å². The van der Waals surface area contributed by atoms with Gasteiger partial charge in [-0.15, -0.1) is 0 Å². The highest BCUT2D eigenvalue weighted by Crippen LogP contribution is 2.61. The number of rotatable bonds is 12. The summed E-state index contributed by atoms with van der Waals surface area (Å²) in [5.74, 6) is 0.856. The molecule has 0 unspecified atom stereocenters. The predicted molar refractivity (Wildman–Crippen MR) is 180 cm³/mol. The van der Waals surface area contributed by atoms with Crippen molar-refractivity contribution >= 4 is 17.5 Å². The van der Waals surface area contributed by atoms with E-state index in [1.54, 1.807) is 31.2 Å². The smallest absolute Gasteiger partial charge is 0.251 e. The molecule has 4 aliphatic rings. The number of para-hydroxylation sites is 1. The minimum Gasteiger partial charge on any atom is -0.496 e. The first-order valence-corrected chi connectivity index (χ1v) is 16.7. The van der Waals surface area contributed by atoms with Gasteiger partial charge in [0.1, 0.15) is 17.9 Å².